The van der Waals surface area contributed by atoms with Crippen molar-refractivity contribution in [3.63, 3.8) is 0 Å². The Hall–Kier alpha value is -7.62. The number of fused-ring (bicyclic) bond motifs is 5. The number of aliphatic imine (C=N–C) groups is 1. The fourth-order valence-electron chi connectivity index (χ4n) is 7.93. The maximum atomic E-state index is 8.92. The van der Waals surface area contributed by atoms with Gasteiger partial charge in [-0.3, -0.25) is 5.41 Å². The lowest BCUT2D eigenvalue weighted by Crippen LogP contribution is -2.05. The fraction of sp³-hybridized carbons (Fsp3) is 0. The molecule has 9 aromatic carbocycles. The number of nitrogens with one attached hydrogen (secondary N) is 1. The lowest BCUT2D eigenvalue weighted by atomic mass is 9.89. The number of hydrogen-bond acceptors (Lipinski definition) is 2. The van der Waals surface area contributed by atoms with Crippen LogP contribution >= 0.6 is 0 Å². The van der Waals surface area contributed by atoms with E-state index in [1.807, 2.05) is 78.9 Å². The first-order chi connectivity index (χ1) is 28.2. The summed E-state index contributed by atoms with van der Waals surface area (Å²) in [7, 11) is 0. The molecule has 268 valence electrons. The first kappa shape index (κ1) is 33.9. The van der Waals surface area contributed by atoms with Crippen molar-refractivity contribution >= 4 is 60.9 Å². The van der Waals surface area contributed by atoms with Gasteiger partial charge in [-0.1, -0.05) is 188 Å². The molecule has 0 aliphatic rings. The fourth-order valence-corrected chi connectivity index (χ4v) is 7.93. The number of furan rings is 1. The molecule has 3 heteroatoms. The number of nitrogens with zero attached hydrogens (tertiary/aromatic N) is 1. The van der Waals surface area contributed by atoms with Crippen molar-refractivity contribution < 1.29 is 4.42 Å². The van der Waals surface area contributed by atoms with Crippen LogP contribution in [0, 0.1) is 5.41 Å². The molecule has 0 aliphatic carbocycles. The topological polar surface area (TPSA) is 49.4 Å². The Bertz CT molecular complexity index is 3140. The minimum absolute atomic E-state index is 0.193. The molecule has 3 nitrogen and oxygen atoms in total. The Balaban J connectivity index is 0.977. The number of benzene rings is 9. The summed E-state index contributed by atoms with van der Waals surface area (Å²) < 4.78 is 6.31. The van der Waals surface area contributed by atoms with Crippen LogP contribution in [0.4, 0.5) is 0 Å². The van der Waals surface area contributed by atoms with Gasteiger partial charge >= 0.3 is 0 Å². The summed E-state index contributed by atoms with van der Waals surface area (Å²) in [5.74, 6) is 0.954. The Labute approximate surface area is 331 Å². The number of rotatable bonds is 7. The van der Waals surface area contributed by atoms with Gasteiger partial charge in [0.1, 0.15) is 11.3 Å². The van der Waals surface area contributed by atoms with Crippen LogP contribution in [0.5, 0.6) is 0 Å². The molecule has 0 fully saturated rings. The molecule has 0 spiro atoms. The third-order valence-corrected chi connectivity index (χ3v) is 10.8. The molecule has 10 rings (SSSR count). The first-order valence-electron chi connectivity index (χ1n) is 19.2. The van der Waals surface area contributed by atoms with Crippen LogP contribution in [0.25, 0.3) is 82.9 Å². The zero-order valence-electron chi connectivity index (χ0n) is 31.1. The molecule has 10 aromatic rings. The van der Waals surface area contributed by atoms with E-state index in [1.54, 1.807) is 0 Å². The van der Waals surface area contributed by atoms with Crippen molar-refractivity contribution in [3.8, 4) is 33.6 Å². The van der Waals surface area contributed by atoms with Crippen LogP contribution in [0.2, 0.25) is 0 Å². The highest BCUT2D eigenvalue weighted by Gasteiger charge is 2.15. The summed E-state index contributed by atoms with van der Waals surface area (Å²) in [6.45, 7) is 0. The van der Waals surface area contributed by atoms with Crippen LogP contribution in [-0.4, -0.2) is 11.5 Å². The Kier molecular flexibility index (Phi) is 8.66. The molecule has 0 saturated carbocycles. The van der Waals surface area contributed by atoms with E-state index in [2.05, 4.69) is 133 Å². The van der Waals surface area contributed by atoms with Gasteiger partial charge in [0, 0.05) is 22.1 Å². The van der Waals surface area contributed by atoms with Crippen LogP contribution in [0.15, 0.2) is 216 Å². The molecule has 57 heavy (non-hydrogen) atoms. The molecule has 0 unspecified atom stereocenters. The molecule has 0 amide bonds. The van der Waals surface area contributed by atoms with Gasteiger partial charge in [0.2, 0.25) is 0 Å². The van der Waals surface area contributed by atoms with Gasteiger partial charge in [0.25, 0.3) is 0 Å². The molecule has 0 atom stereocenters. The van der Waals surface area contributed by atoms with Crippen molar-refractivity contribution in [3.05, 3.63) is 223 Å². The van der Waals surface area contributed by atoms with Crippen LogP contribution in [0.3, 0.4) is 0 Å². The predicted octanol–water partition coefficient (Wildman–Crippen LogP) is 14.4. The summed E-state index contributed by atoms with van der Waals surface area (Å²) in [4.78, 5) is 4.89. The highest BCUT2D eigenvalue weighted by atomic mass is 16.3. The molecular weight excluding hydrogens is 693 g/mol. The summed E-state index contributed by atoms with van der Waals surface area (Å²) in [5, 5.41) is 17.5. The highest BCUT2D eigenvalue weighted by Crippen LogP contribution is 2.40. The Morgan fingerprint density at radius 1 is 0.474 bits per heavy atom. The third kappa shape index (κ3) is 6.52. The Morgan fingerprint density at radius 2 is 1.11 bits per heavy atom. The van der Waals surface area contributed by atoms with Crippen molar-refractivity contribution in [2.24, 2.45) is 4.99 Å². The second kappa shape index (κ2) is 14.6. The van der Waals surface area contributed by atoms with E-state index in [9.17, 15) is 0 Å². The van der Waals surface area contributed by atoms with Crippen LogP contribution < -0.4 is 0 Å². The quantitative estimate of drug-likeness (QED) is 0.0755. The van der Waals surface area contributed by atoms with Gasteiger partial charge in [-0.05, 0) is 84.4 Å². The maximum Gasteiger partial charge on any atom is 0.152 e. The van der Waals surface area contributed by atoms with Gasteiger partial charge < -0.3 is 4.42 Å². The summed E-state index contributed by atoms with van der Waals surface area (Å²) in [6.07, 6.45) is 4.06. The number of amidine groups is 1. The Morgan fingerprint density at radius 3 is 1.89 bits per heavy atom. The molecule has 1 aromatic heterocycles. The first-order valence-corrected chi connectivity index (χ1v) is 19.2. The zero-order valence-corrected chi connectivity index (χ0v) is 31.1. The second-order valence-corrected chi connectivity index (χ2v) is 14.3. The largest absolute Gasteiger partial charge is 0.456 e. The smallest absolute Gasteiger partial charge is 0.152 e. The molecule has 0 aliphatic heterocycles. The normalized spacial score (nSPS) is 12.0. The molecule has 1 N–H and O–H groups in total. The summed E-state index contributed by atoms with van der Waals surface area (Å²) >= 11 is 0. The average Bonchev–Trinajstić information content (AvgIpc) is 3.72. The minimum atomic E-state index is 0.193. The summed E-state index contributed by atoms with van der Waals surface area (Å²) in [6, 6.07) is 69.6. The molecular formula is C54H36N2O. The van der Waals surface area contributed by atoms with Crippen molar-refractivity contribution in [2.75, 3.05) is 0 Å². The van der Waals surface area contributed by atoms with E-state index >= 15 is 0 Å². The van der Waals surface area contributed by atoms with Gasteiger partial charge in [-0.25, -0.2) is 4.99 Å². The van der Waals surface area contributed by atoms with Crippen molar-refractivity contribution in [2.45, 2.75) is 0 Å². The maximum absolute atomic E-state index is 8.92. The van der Waals surface area contributed by atoms with E-state index < -0.39 is 0 Å². The zero-order chi connectivity index (χ0) is 38.1. The van der Waals surface area contributed by atoms with E-state index in [0.29, 0.717) is 5.71 Å². The van der Waals surface area contributed by atoms with Gasteiger partial charge in [-0.2, -0.15) is 0 Å². The molecule has 0 saturated heterocycles. The lowest BCUT2D eigenvalue weighted by molar-refractivity contribution is 0.631. The van der Waals surface area contributed by atoms with Gasteiger partial charge in [0.15, 0.2) is 5.84 Å². The molecule has 0 radical (unpaired) electrons. The number of para-hydroxylation sites is 1. The van der Waals surface area contributed by atoms with Crippen molar-refractivity contribution in [1.29, 1.82) is 5.41 Å². The van der Waals surface area contributed by atoms with E-state index in [-0.39, 0.29) is 5.84 Å². The third-order valence-electron chi connectivity index (χ3n) is 10.8. The minimum Gasteiger partial charge on any atom is -0.456 e. The van der Waals surface area contributed by atoms with Crippen LogP contribution in [-0.2, 0) is 0 Å². The van der Waals surface area contributed by atoms with Crippen LogP contribution in [0.1, 0.15) is 16.7 Å². The highest BCUT2D eigenvalue weighted by molar-refractivity contribution is 6.21. The van der Waals surface area contributed by atoms with Gasteiger partial charge in [-0.15, -0.1) is 0 Å². The SMILES string of the molecule is N=C(N=C(/C=C/c1ccc(-c2ccc(-c3c4ccccc4cc4c3ccc3ccccc34)cc2)cc1)c1ccccc1-c1cc2ccccc2o1)c1ccccc1. The standard InChI is InChI=1S/C54H36N2O/c55-54(41-13-2-1-3-14-41)56-50(46-19-9-10-20-47(46)52-35-43-16-6-11-21-51(43)57-52)33-24-36-22-25-37(26-23-36)38-27-29-40(30-28-38)53-45-18-8-5-15-42(45)34-49-44-17-7-4-12-39(44)31-32-48(49)53/h1-35,55H/b33-24+,55-54?,56-50?. The predicted molar refractivity (Wildman–Crippen MR) is 240 cm³/mol. The monoisotopic (exact) mass is 728 g/mol. The van der Waals surface area contributed by atoms with Crippen molar-refractivity contribution in [1.82, 2.24) is 0 Å². The second-order valence-electron chi connectivity index (χ2n) is 14.3. The average molecular weight is 729 g/mol. The number of allylic oxidation sites excluding steroid dienone is 1. The lowest BCUT2D eigenvalue weighted by Gasteiger charge is -2.14. The molecule has 0 bridgehead atoms. The van der Waals surface area contributed by atoms with Gasteiger partial charge in [0.05, 0.1) is 5.71 Å². The number of hydrogen-bond donors (Lipinski definition) is 1. The molecule has 1 heterocycles. The van der Waals surface area contributed by atoms with E-state index in [1.165, 1.54) is 43.4 Å². The van der Waals surface area contributed by atoms with E-state index in [0.717, 1.165) is 50.1 Å². The van der Waals surface area contributed by atoms with E-state index in [4.69, 9.17) is 14.8 Å². The summed E-state index contributed by atoms with van der Waals surface area (Å²) in [5.41, 5.74) is 9.86.